The molecule has 0 spiro atoms. The summed E-state index contributed by atoms with van der Waals surface area (Å²) >= 11 is 5.83. The maximum atomic E-state index is 13.1. The van der Waals surface area contributed by atoms with E-state index in [-0.39, 0.29) is 10.8 Å². The molecule has 1 aromatic carbocycles. The van der Waals surface area contributed by atoms with Crippen LogP contribution in [0.5, 0.6) is 0 Å². The Balaban J connectivity index is 2.71. The van der Waals surface area contributed by atoms with E-state index in [1.54, 1.807) is 6.07 Å². The molecule has 0 heterocycles. The van der Waals surface area contributed by atoms with Gasteiger partial charge in [-0.05, 0) is 31.5 Å². The van der Waals surface area contributed by atoms with E-state index in [9.17, 15) is 4.39 Å². The number of benzene rings is 1. The molecule has 78 valence electrons. The van der Waals surface area contributed by atoms with E-state index in [1.165, 1.54) is 6.07 Å². The third-order valence-corrected chi connectivity index (χ3v) is 2.53. The van der Waals surface area contributed by atoms with Crippen molar-refractivity contribution in [3.05, 3.63) is 34.6 Å². The van der Waals surface area contributed by atoms with Crippen LogP contribution in [0.25, 0.3) is 0 Å². The Kier molecular flexibility index (Phi) is 4.36. The van der Waals surface area contributed by atoms with Gasteiger partial charge in [-0.3, -0.25) is 0 Å². The van der Waals surface area contributed by atoms with Gasteiger partial charge in [-0.15, -0.1) is 0 Å². The van der Waals surface area contributed by atoms with Crippen LogP contribution in [-0.4, -0.2) is 12.6 Å². The number of likely N-dealkylation sites (N-methyl/N-ethyl adjacent to an activating group) is 1. The molecule has 1 N–H and O–H groups in total. The molecule has 1 nitrogen and oxygen atoms in total. The van der Waals surface area contributed by atoms with Crippen molar-refractivity contribution in [2.24, 2.45) is 0 Å². The molecule has 3 heteroatoms. The van der Waals surface area contributed by atoms with E-state index in [4.69, 9.17) is 11.6 Å². The van der Waals surface area contributed by atoms with Gasteiger partial charge in [-0.2, -0.15) is 0 Å². The lowest BCUT2D eigenvalue weighted by molar-refractivity contribution is 0.561. The van der Waals surface area contributed by atoms with E-state index in [1.807, 2.05) is 13.0 Å². The molecule has 0 amide bonds. The molecular formula is C11H15ClFN. The minimum Gasteiger partial charge on any atom is -0.314 e. The zero-order chi connectivity index (χ0) is 10.6. The van der Waals surface area contributed by atoms with Gasteiger partial charge in [0.25, 0.3) is 0 Å². The van der Waals surface area contributed by atoms with Crippen LogP contribution >= 0.6 is 11.6 Å². The van der Waals surface area contributed by atoms with Gasteiger partial charge in [0.15, 0.2) is 0 Å². The molecule has 0 radical (unpaired) electrons. The summed E-state index contributed by atoms with van der Waals surface area (Å²) in [4.78, 5) is 0. The molecule has 1 aromatic rings. The highest BCUT2D eigenvalue weighted by Gasteiger charge is 2.08. The largest absolute Gasteiger partial charge is 0.314 e. The number of nitrogens with one attached hydrogen (secondary N) is 1. The second-order valence-electron chi connectivity index (χ2n) is 3.38. The van der Waals surface area contributed by atoms with E-state index in [0.717, 1.165) is 18.5 Å². The van der Waals surface area contributed by atoms with Crippen LogP contribution in [0, 0.1) is 5.82 Å². The third kappa shape index (κ3) is 2.96. The number of hydrogen-bond acceptors (Lipinski definition) is 1. The lowest BCUT2D eigenvalue weighted by Gasteiger charge is -2.13. The minimum absolute atomic E-state index is 0.247. The topological polar surface area (TPSA) is 12.0 Å². The van der Waals surface area contributed by atoms with Crippen molar-refractivity contribution in [1.82, 2.24) is 5.32 Å². The second-order valence-corrected chi connectivity index (χ2v) is 3.75. The lowest BCUT2D eigenvalue weighted by Crippen LogP contribution is -2.27. The van der Waals surface area contributed by atoms with E-state index >= 15 is 0 Å². The molecule has 0 saturated heterocycles. The Hall–Kier alpha value is -0.600. The summed E-state index contributed by atoms with van der Waals surface area (Å²) in [7, 11) is 0. The Labute approximate surface area is 89.3 Å². The van der Waals surface area contributed by atoms with Gasteiger partial charge >= 0.3 is 0 Å². The minimum atomic E-state index is -0.340. The average molecular weight is 216 g/mol. The maximum absolute atomic E-state index is 13.1. The number of rotatable bonds is 4. The van der Waals surface area contributed by atoms with Gasteiger partial charge in [0.05, 0.1) is 5.02 Å². The van der Waals surface area contributed by atoms with Gasteiger partial charge in [-0.1, -0.05) is 30.7 Å². The molecule has 0 bridgehead atoms. The van der Waals surface area contributed by atoms with Crippen LogP contribution in [-0.2, 0) is 6.42 Å². The fourth-order valence-corrected chi connectivity index (χ4v) is 1.66. The fourth-order valence-electron chi connectivity index (χ4n) is 1.46. The highest BCUT2D eigenvalue weighted by molar-refractivity contribution is 6.31. The summed E-state index contributed by atoms with van der Waals surface area (Å²) in [5, 5.41) is 3.51. The normalized spacial score (nSPS) is 12.9. The molecule has 0 saturated carbocycles. The van der Waals surface area contributed by atoms with Gasteiger partial charge < -0.3 is 5.32 Å². The van der Waals surface area contributed by atoms with Crippen molar-refractivity contribution < 1.29 is 4.39 Å². The number of hydrogen-bond donors (Lipinski definition) is 1. The Bertz CT molecular complexity index is 301. The molecule has 1 unspecified atom stereocenters. The van der Waals surface area contributed by atoms with Crippen LogP contribution in [0.4, 0.5) is 4.39 Å². The molecular weight excluding hydrogens is 201 g/mol. The molecule has 0 aliphatic rings. The Morgan fingerprint density at radius 3 is 2.86 bits per heavy atom. The molecule has 1 rings (SSSR count). The Morgan fingerprint density at radius 1 is 1.50 bits per heavy atom. The van der Waals surface area contributed by atoms with E-state index in [2.05, 4.69) is 12.2 Å². The fraction of sp³-hybridized carbons (Fsp3) is 0.455. The highest BCUT2D eigenvalue weighted by atomic mass is 35.5. The van der Waals surface area contributed by atoms with Gasteiger partial charge in [0.2, 0.25) is 0 Å². The van der Waals surface area contributed by atoms with Crippen molar-refractivity contribution in [2.45, 2.75) is 26.3 Å². The summed E-state index contributed by atoms with van der Waals surface area (Å²) in [6, 6.07) is 5.25. The van der Waals surface area contributed by atoms with Crippen LogP contribution in [0.15, 0.2) is 18.2 Å². The predicted octanol–water partition coefficient (Wildman–Crippen LogP) is 3.02. The van der Waals surface area contributed by atoms with Crippen LogP contribution < -0.4 is 5.32 Å². The second kappa shape index (κ2) is 5.32. The zero-order valence-corrected chi connectivity index (χ0v) is 9.24. The first kappa shape index (κ1) is 11.5. The predicted molar refractivity (Wildman–Crippen MR) is 58.3 cm³/mol. The summed E-state index contributed by atoms with van der Waals surface area (Å²) in [5.41, 5.74) is 0.861. The van der Waals surface area contributed by atoms with Crippen LogP contribution in [0.2, 0.25) is 5.02 Å². The number of halogens is 2. The van der Waals surface area contributed by atoms with Gasteiger partial charge in [0, 0.05) is 6.04 Å². The van der Waals surface area contributed by atoms with Crippen LogP contribution in [0.3, 0.4) is 0 Å². The van der Waals surface area contributed by atoms with E-state index in [0.29, 0.717) is 6.04 Å². The van der Waals surface area contributed by atoms with Crippen molar-refractivity contribution >= 4 is 11.6 Å². The molecule has 0 fully saturated rings. The molecule has 0 aliphatic carbocycles. The first-order valence-electron chi connectivity index (χ1n) is 4.81. The summed E-state index contributed by atoms with van der Waals surface area (Å²) < 4.78 is 13.1. The summed E-state index contributed by atoms with van der Waals surface area (Å²) in [6.07, 6.45) is 0.754. The summed E-state index contributed by atoms with van der Waals surface area (Å²) in [6.45, 7) is 5.02. The van der Waals surface area contributed by atoms with Crippen molar-refractivity contribution in [2.75, 3.05) is 6.54 Å². The monoisotopic (exact) mass is 215 g/mol. The quantitative estimate of drug-likeness (QED) is 0.814. The molecule has 14 heavy (non-hydrogen) atoms. The molecule has 0 aliphatic heterocycles. The average Bonchev–Trinajstić information content (AvgIpc) is 2.13. The SMILES string of the molecule is CCNC(C)Cc1cccc(F)c1Cl. The van der Waals surface area contributed by atoms with Crippen molar-refractivity contribution in [3.8, 4) is 0 Å². The van der Waals surface area contributed by atoms with Crippen molar-refractivity contribution in [1.29, 1.82) is 0 Å². The summed E-state index contributed by atoms with van der Waals surface area (Å²) in [5.74, 6) is -0.340. The maximum Gasteiger partial charge on any atom is 0.142 e. The van der Waals surface area contributed by atoms with E-state index < -0.39 is 0 Å². The first-order chi connectivity index (χ1) is 6.65. The lowest BCUT2D eigenvalue weighted by atomic mass is 10.1. The van der Waals surface area contributed by atoms with Crippen LogP contribution in [0.1, 0.15) is 19.4 Å². The van der Waals surface area contributed by atoms with Crippen molar-refractivity contribution in [3.63, 3.8) is 0 Å². The molecule has 1 atom stereocenters. The van der Waals surface area contributed by atoms with Gasteiger partial charge in [0.1, 0.15) is 5.82 Å². The molecule has 0 aromatic heterocycles. The zero-order valence-electron chi connectivity index (χ0n) is 8.48. The first-order valence-corrected chi connectivity index (χ1v) is 5.19. The standard InChI is InChI=1S/C11H15ClFN/c1-3-14-8(2)7-9-5-4-6-10(13)11(9)12/h4-6,8,14H,3,7H2,1-2H3. The smallest absolute Gasteiger partial charge is 0.142 e. The van der Waals surface area contributed by atoms with Gasteiger partial charge in [-0.25, -0.2) is 4.39 Å². The Morgan fingerprint density at radius 2 is 2.21 bits per heavy atom. The highest BCUT2D eigenvalue weighted by Crippen LogP contribution is 2.20. The third-order valence-electron chi connectivity index (χ3n) is 2.11.